The van der Waals surface area contributed by atoms with Gasteiger partial charge in [-0.15, -0.1) is 0 Å². The van der Waals surface area contributed by atoms with Crippen LogP contribution in [0, 0.1) is 0 Å². The van der Waals surface area contributed by atoms with E-state index in [-0.39, 0.29) is 0 Å². The minimum atomic E-state index is -1.26. The van der Waals surface area contributed by atoms with Crippen LogP contribution in [0.1, 0.15) is 0 Å². The lowest BCUT2D eigenvalue weighted by Gasteiger charge is -1.80. The molecule has 1 heterocycles. The molecule has 1 aliphatic rings. The van der Waals surface area contributed by atoms with Crippen LogP contribution in [0.25, 0.3) is 0 Å². The standard InChI is InChI=1S/2C4H4O4.C4H2O3/c2*5-3(6)1-2-4(7)8;5-3-1-2-4(6)7-3/h2*1-2H,(H,5,6)(H,7,8);1-2H. The van der Waals surface area contributed by atoms with Gasteiger partial charge in [0, 0.05) is 36.5 Å². The average Bonchev–Trinajstić information content (AvgIpc) is 2.79. The molecule has 0 saturated heterocycles. The van der Waals surface area contributed by atoms with Crippen LogP contribution in [-0.2, 0) is 33.5 Å². The molecule has 1 rings (SSSR count). The van der Waals surface area contributed by atoms with Gasteiger partial charge in [-0.25, -0.2) is 28.8 Å². The highest BCUT2D eigenvalue weighted by molar-refractivity contribution is 6.04. The van der Waals surface area contributed by atoms with Crippen LogP contribution in [0.2, 0.25) is 0 Å². The van der Waals surface area contributed by atoms with Crippen molar-refractivity contribution in [3.63, 3.8) is 0 Å². The van der Waals surface area contributed by atoms with Gasteiger partial charge in [-0.3, -0.25) is 0 Å². The van der Waals surface area contributed by atoms with Crippen molar-refractivity contribution >= 4 is 35.8 Å². The van der Waals surface area contributed by atoms with E-state index in [9.17, 15) is 28.8 Å². The van der Waals surface area contributed by atoms with Crippen molar-refractivity contribution in [2.24, 2.45) is 0 Å². The highest BCUT2D eigenvalue weighted by Crippen LogP contribution is 1.92. The lowest BCUT2D eigenvalue weighted by Crippen LogP contribution is -1.96. The summed E-state index contributed by atoms with van der Waals surface area (Å²) < 4.78 is 3.97. The van der Waals surface area contributed by atoms with Gasteiger partial charge in [0.2, 0.25) is 0 Å². The lowest BCUT2D eigenvalue weighted by atomic mass is 10.5. The summed E-state index contributed by atoms with van der Waals surface area (Å²) in [5.74, 6) is -6.19. The van der Waals surface area contributed by atoms with Crippen LogP contribution < -0.4 is 0 Å². The second-order valence-electron chi connectivity index (χ2n) is 3.09. The fourth-order valence-corrected chi connectivity index (χ4v) is 0.588. The number of rotatable bonds is 4. The van der Waals surface area contributed by atoms with E-state index in [4.69, 9.17) is 20.4 Å². The molecule has 11 heteroatoms. The number of carboxylic acids is 4. The molecule has 0 bridgehead atoms. The van der Waals surface area contributed by atoms with Crippen molar-refractivity contribution in [1.29, 1.82) is 0 Å². The number of hydrogen-bond donors (Lipinski definition) is 4. The van der Waals surface area contributed by atoms with Gasteiger partial charge < -0.3 is 25.2 Å². The highest BCUT2D eigenvalue weighted by atomic mass is 16.6. The first kappa shape index (κ1) is 21.5. The van der Waals surface area contributed by atoms with Gasteiger partial charge in [-0.2, -0.15) is 0 Å². The summed E-state index contributed by atoms with van der Waals surface area (Å²) >= 11 is 0. The smallest absolute Gasteiger partial charge is 0.338 e. The Hall–Kier alpha value is -3.76. The second-order valence-corrected chi connectivity index (χ2v) is 3.09. The summed E-state index contributed by atoms with van der Waals surface area (Å²) in [6.45, 7) is 0. The zero-order chi connectivity index (χ0) is 18.4. The Labute approximate surface area is 127 Å². The Kier molecular flexibility index (Phi) is 11.3. The summed E-state index contributed by atoms with van der Waals surface area (Å²) in [6.07, 6.45) is 4.40. The molecule has 0 amide bonds. The van der Waals surface area contributed by atoms with Crippen LogP contribution in [0.15, 0.2) is 36.5 Å². The highest BCUT2D eigenvalue weighted by Gasteiger charge is 2.10. The maximum atomic E-state index is 9.92. The molecular weight excluding hydrogens is 320 g/mol. The third-order valence-corrected chi connectivity index (χ3v) is 1.29. The SMILES string of the molecule is O=C(O)C=CC(=O)O.O=C(O)C=CC(=O)O.O=C1C=CC(=O)O1. The molecule has 0 unspecified atom stereocenters. The maximum Gasteiger partial charge on any atom is 0.338 e. The molecule has 11 nitrogen and oxygen atoms in total. The van der Waals surface area contributed by atoms with Crippen molar-refractivity contribution in [3.05, 3.63) is 36.5 Å². The molecule has 0 aromatic rings. The monoisotopic (exact) mass is 330 g/mol. The van der Waals surface area contributed by atoms with Crippen molar-refractivity contribution < 1.29 is 53.9 Å². The van der Waals surface area contributed by atoms with E-state index in [1.165, 1.54) is 0 Å². The van der Waals surface area contributed by atoms with Crippen LogP contribution in [0.3, 0.4) is 0 Å². The summed E-state index contributed by atoms with van der Waals surface area (Å²) in [6, 6.07) is 0. The molecule has 0 aliphatic carbocycles. The number of carboxylic acid groups (broad SMARTS) is 4. The van der Waals surface area contributed by atoms with E-state index in [1.54, 1.807) is 0 Å². The third kappa shape index (κ3) is 20.7. The number of ether oxygens (including phenoxy) is 1. The van der Waals surface area contributed by atoms with Crippen LogP contribution in [0.5, 0.6) is 0 Å². The predicted octanol–water partition coefficient (Wildman–Crippen LogP) is -0.950. The molecule has 0 fully saturated rings. The van der Waals surface area contributed by atoms with Gasteiger partial charge >= 0.3 is 35.8 Å². The van der Waals surface area contributed by atoms with Crippen molar-refractivity contribution in [2.75, 3.05) is 0 Å². The molecule has 4 N–H and O–H groups in total. The fraction of sp³-hybridized carbons (Fsp3) is 0. The average molecular weight is 330 g/mol. The van der Waals surface area contributed by atoms with E-state index in [0.717, 1.165) is 12.2 Å². The minimum absolute atomic E-state index is 0.558. The molecule has 1 aliphatic heterocycles. The molecule has 0 aromatic heterocycles. The Morgan fingerprint density at radius 2 is 0.870 bits per heavy atom. The number of carbonyl (C=O) groups excluding carboxylic acids is 2. The van der Waals surface area contributed by atoms with E-state index in [0.29, 0.717) is 24.3 Å². The van der Waals surface area contributed by atoms with Crippen LogP contribution >= 0.6 is 0 Å². The Morgan fingerprint density at radius 3 is 0.957 bits per heavy atom. The Morgan fingerprint density at radius 1 is 0.652 bits per heavy atom. The topological polar surface area (TPSA) is 193 Å². The molecule has 0 radical (unpaired) electrons. The van der Waals surface area contributed by atoms with E-state index < -0.39 is 35.8 Å². The summed E-state index contributed by atoms with van der Waals surface area (Å²) in [5, 5.41) is 31.2. The van der Waals surface area contributed by atoms with E-state index in [1.807, 2.05) is 0 Å². The normalized spacial score (nSPS) is 12.0. The lowest BCUT2D eigenvalue weighted by molar-refractivity contribution is -0.150. The number of carbonyl (C=O) groups is 6. The van der Waals surface area contributed by atoms with Gasteiger partial charge in [-0.1, -0.05) is 0 Å². The maximum absolute atomic E-state index is 9.92. The number of hydrogen-bond acceptors (Lipinski definition) is 7. The van der Waals surface area contributed by atoms with Crippen LogP contribution in [-0.4, -0.2) is 56.2 Å². The fourth-order valence-electron chi connectivity index (χ4n) is 0.588. The molecule has 23 heavy (non-hydrogen) atoms. The first-order chi connectivity index (χ1) is 10.5. The van der Waals surface area contributed by atoms with Crippen molar-refractivity contribution in [1.82, 2.24) is 0 Å². The Bertz CT molecular complexity index is 498. The van der Waals surface area contributed by atoms with E-state index in [2.05, 4.69) is 4.74 Å². The number of aliphatic carboxylic acids is 4. The van der Waals surface area contributed by atoms with Crippen molar-refractivity contribution in [3.8, 4) is 0 Å². The number of cyclic esters (lactones) is 2. The van der Waals surface area contributed by atoms with E-state index >= 15 is 0 Å². The van der Waals surface area contributed by atoms with Gasteiger partial charge in [0.15, 0.2) is 0 Å². The van der Waals surface area contributed by atoms with Gasteiger partial charge in [0.25, 0.3) is 0 Å². The second kappa shape index (κ2) is 12.0. The van der Waals surface area contributed by atoms with Gasteiger partial charge in [0.1, 0.15) is 0 Å². The molecule has 124 valence electrons. The largest absolute Gasteiger partial charge is 0.478 e. The molecule has 0 spiro atoms. The first-order valence-electron chi connectivity index (χ1n) is 5.26. The predicted molar refractivity (Wildman–Crippen MR) is 69.1 cm³/mol. The summed E-state index contributed by atoms with van der Waals surface area (Å²) in [7, 11) is 0. The van der Waals surface area contributed by atoms with Gasteiger partial charge in [0.05, 0.1) is 0 Å². The zero-order valence-electron chi connectivity index (χ0n) is 11.1. The van der Waals surface area contributed by atoms with Crippen molar-refractivity contribution in [2.45, 2.75) is 0 Å². The van der Waals surface area contributed by atoms with Gasteiger partial charge in [-0.05, 0) is 0 Å². The molecular formula is C12H10O11. The molecule has 0 atom stereocenters. The Balaban J connectivity index is 0. The van der Waals surface area contributed by atoms with Crippen LogP contribution in [0.4, 0.5) is 0 Å². The zero-order valence-corrected chi connectivity index (χ0v) is 11.1. The summed E-state index contributed by atoms with van der Waals surface area (Å²) in [5.41, 5.74) is 0. The summed E-state index contributed by atoms with van der Waals surface area (Å²) in [4.78, 5) is 58.1. The quantitative estimate of drug-likeness (QED) is 0.282. The molecule has 0 saturated carbocycles. The third-order valence-electron chi connectivity index (χ3n) is 1.29. The minimum Gasteiger partial charge on any atom is -0.478 e. The number of esters is 2. The first-order valence-corrected chi connectivity index (χ1v) is 5.26. The molecule has 0 aromatic carbocycles.